The van der Waals surface area contributed by atoms with Gasteiger partial charge in [0.25, 0.3) is 0 Å². The van der Waals surface area contributed by atoms with Crippen molar-refractivity contribution in [2.75, 3.05) is 19.7 Å². The first-order chi connectivity index (χ1) is 14.2. The third kappa shape index (κ3) is 4.55. The smallest absolute Gasteiger partial charge is 0.230 e. The molecule has 0 aliphatic carbocycles. The highest BCUT2D eigenvalue weighted by Gasteiger charge is 2.27. The van der Waals surface area contributed by atoms with Crippen LogP contribution in [0.15, 0.2) is 46.2 Å². The van der Waals surface area contributed by atoms with Gasteiger partial charge < -0.3 is 14.3 Å². The molecule has 6 heteroatoms. The summed E-state index contributed by atoms with van der Waals surface area (Å²) in [7, 11) is 0. The van der Waals surface area contributed by atoms with E-state index in [1.807, 2.05) is 55.6 Å². The lowest BCUT2D eigenvalue weighted by Gasteiger charge is -2.33. The molecule has 0 spiro atoms. The van der Waals surface area contributed by atoms with Crippen molar-refractivity contribution in [3.63, 3.8) is 0 Å². The summed E-state index contributed by atoms with van der Waals surface area (Å²) in [4.78, 5) is 8.26. The summed E-state index contributed by atoms with van der Waals surface area (Å²) in [6.07, 6.45) is 1.65. The minimum Gasteiger partial charge on any atom is -0.493 e. The second-order valence-corrected chi connectivity index (χ2v) is 8.50. The summed E-state index contributed by atoms with van der Waals surface area (Å²) in [6, 6.07) is 11.9. The first-order valence-corrected chi connectivity index (χ1v) is 11.2. The molecule has 0 radical (unpaired) electrons. The van der Waals surface area contributed by atoms with Crippen LogP contribution in [0.4, 0.5) is 0 Å². The van der Waals surface area contributed by atoms with Crippen molar-refractivity contribution >= 4 is 11.3 Å². The molecule has 1 saturated heterocycles. The Morgan fingerprint density at radius 1 is 1.24 bits per heavy atom. The second kappa shape index (κ2) is 9.11. The van der Waals surface area contributed by atoms with Gasteiger partial charge in [-0.3, -0.25) is 4.90 Å². The Bertz CT molecular complexity index is 914. The summed E-state index contributed by atoms with van der Waals surface area (Å²) in [5, 5.41) is 12.6. The van der Waals surface area contributed by atoms with Crippen LogP contribution in [-0.2, 0) is 6.54 Å². The van der Waals surface area contributed by atoms with Gasteiger partial charge in [-0.2, -0.15) is 0 Å². The number of aliphatic hydroxyl groups is 1. The number of hydrogen-bond acceptors (Lipinski definition) is 6. The van der Waals surface area contributed by atoms with E-state index in [2.05, 4.69) is 4.90 Å². The van der Waals surface area contributed by atoms with Crippen LogP contribution in [-0.4, -0.2) is 34.7 Å². The molecule has 5 nitrogen and oxygen atoms in total. The number of nitrogens with zero attached hydrogens (tertiary/aromatic N) is 2. The standard InChI is InChI=1S/C23H28N2O3S/c1-3-27-20-8-5-4-7-18(20)23-24-19(16(2)28-23)15-25-12-10-17(11-13-25)22(26)21-9-6-14-29-21/h4-9,14,17,22,26H,3,10-13,15H2,1-2H3. The molecule has 1 aromatic carbocycles. The number of thiophene rings is 1. The maximum Gasteiger partial charge on any atom is 0.230 e. The minimum atomic E-state index is -0.340. The van der Waals surface area contributed by atoms with E-state index in [1.165, 1.54) is 0 Å². The van der Waals surface area contributed by atoms with E-state index in [0.29, 0.717) is 18.4 Å². The zero-order chi connectivity index (χ0) is 20.2. The van der Waals surface area contributed by atoms with E-state index in [1.54, 1.807) is 11.3 Å². The molecule has 3 aromatic rings. The molecule has 3 heterocycles. The molecule has 1 N–H and O–H groups in total. The fraction of sp³-hybridized carbons (Fsp3) is 0.435. The zero-order valence-corrected chi connectivity index (χ0v) is 17.8. The zero-order valence-electron chi connectivity index (χ0n) is 17.0. The van der Waals surface area contributed by atoms with E-state index in [0.717, 1.165) is 60.1 Å². The molecule has 1 aliphatic heterocycles. The highest BCUT2D eigenvalue weighted by Crippen LogP contribution is 2.34. The number of para-hydroxylation sites is 1. The number of piperidine rings is 1. The molecule has 1 fully saturated rings. The fourth-order valence-corrected chi connectivity index (χ4v) is 4.75. The normalized spacial score (nSPS) is 16.8. The van der Waals surface area contributed by atoms with Gasteiger partial charge in [-0.25, -0.2) is 4.98 Å². The van der Waals surface area contributed by atoms with Crippen LogP contribution in [0, 0.1) is 12.8 Å². The Balaban J connectivity index is 1.40. The van der Waals surface area contributed by atoms with Crippen LogP contribution in [0.1, 0.15) is 42.2 Å². The van der Waals surface area contributed by atoms with Crippen LogP contribution in [0.25, 0.3) is 11.5 Å². The number of likely N-dealkylation sites (tertiary alicyclic amines) is 1. The summed E-state index contributed by atoms with van der Waals surface area (Å²) in [5.41, 5.74) is 1.87. The Morgan fingerprint density at radius 3 is 2.76 bits per heavy atom. The molecule has 154 valence electrons. The topological polar surface area (TPSA) is 58.7 Å². The third-order valence-electron chi connectivity index (χ3n) is 5.60. The SMILES string of the molecule is CCOc1ccccc1-c1nc(CN2CCC(C(O)c3cccs3)CC2)c(C)o1. The number of ether oxygens (including phenoxy) is 1. The van der Waals surface area contributed by atoms with E-state index in [-0.39, 0.29) is 6.10 Å². The van der Waals surface area contributed by atoms with Gasteiger partial charge in [0.1, 0.15) is 11.5 Å². The quantitative estimate of drug-likeness (QED) is 0.588. The van der Waals surface area contributed by atoms with Crippen molar-refractivity contribution in [3.05, 3.63) is 58.1 Å². The molecular weight excluding hydrogens is 384 g/mol. The van der Waals surface area contributed by atoms with Gasteiger partial charge >= 0.3 is 0 Å². The maximum absolute atomic E-state index is 10.6. The average Bonchev–Trinajstić information content (AvgIpc) is 3.39. The van der Waals surface area contributed by atoms with Gasteiger partial charge in [0, 0.05) is 11.4 Å². The van der Waals surface area contributed by atoms with E-state index < -0.39 is 0 Å². The van der Waals surface area contributed by atoms with Gasteiger partial charge in [0.15, 0.2) is 0 Å². The highest BCUT2D eigenvalue weighted by molar-refractivity contribution is 7.10. The van der Waals surface area contributed by atoms with Crippen LogP contribution in [0.2, 0.25) is 0 Å². The number of benzene rings is 1. The summed E-state index contributed by atoms with van der Waals surface area (Å²) in [5.74, 6) is 2.60. The molecule has 1 unspecified atom stereocenters. The Hall–Kier alpha value is -2.15. The molecule has 0 saturated carbocycles. The second-order valence-electron chi connectivity index (χ2n) is 7.52. The highest BCUT2D eigenvalue weighted by atomic mass is 32.1. The van der Waals surface area contributed by atoms with Crippen LogP contribution < -0.4 is 4.74 Å². The number of hydrogen-bond donors (Lipinski definition) is 1. The largest absolute Gasteiger partial charge is 0.493 e. The predicted molar refractivity (Wildman–Crippen MR) is 115 cm³/mol. The minimum absolute atomic E-state index is 0.330. The van der Waals surface area contributed by atoms with Gasteiger partial charge in [-0.15, -0.1) is 11.3 Å². The number of rotatable bonds is 7. The molecule has 4 rings (SSSR count). The van der Waals surface area contributed by atoms with E-state index in [9.17, 15) is 5.11 Å². The summed E-state index contributed by atoms with van der Waals surface area (Å²) < 4.78 is 11.7. The van der Waals surface area contributed by atoms with Gasteiger partial charge in [0.05, 0.1) is 24.0 Å². The van der Waals surface area contributed by atoms with Crippen LogP contribution in [0.5, 0.6) is 5.75 Å². The molecule has 1 aliphatic rings. The third-order valence-corrected chi connectivity index (χ3v) is 6.54. The molecule has 1 atom stereocenters. The Labute approximate surface area is 176 Å². The molecule has 2 aromatic heterocycles. The first-order valence-electron chi connectivity index (χ1n) is 10.3. The lowest BCUT2D eigenvalue weighted by Crippen LogP contribution is -2.35. The van der Waals surface area contributed by atoms with E-state index >= 15 is 0 Å². The van der Waals surface area contributed by atoms with E-state index in [4.69, 9.17) is 14.1 Å². The predicted octanol–water partition coefficient (Wildman–Crippen LogP) is 5.06. The lowest BCUT2D eigenvalue weighted by molar-refractivity contribution is 0.0586. The average molecular weight is 413 g/mol. The van der Waals surface area contributed by atoms with Crippen molar-refractivity contribution < 1.29 is 14.3 Å². The van der Waals surface area contributed by atoms with Crippen LogP contribution in [0.3, 0.4) is 0 Å². The molecular formula is C23H28N2O3S. The molecule has 0 bridgehead atoms. The number of aromatic nitrogens is 1. The monoisotopic (exact) mass is 412 g/mol. The molecule has 29 heavy (non-hydrogen) atoms. The number of oxazole rings is 1. The van der Waals surface area contributed by atoms with Gasteiger partial charge in [-0.05, 0) is 69.3 Å². The van der Waals surface area contributed by atoms with Crippen molar-refractivity contribution in [1.82, 2.24) is 9.88 Å². The van der Waals surface area contributed by atoms with Gasteiger partial charge in [-0.1, -0.05) is 18.2 Å². The van der Waals surface area contributed by atoms with Gasteiger partial charge in [0.2, 0.25) is 5.89 Å². The van der Waals surface area contributed by atoms with Crippen molar-refractivity contribution in [1.29, 1.82) is 0 Å². The maximum atomic E-state index is 10.6. The lowest BCUT2D eigenvalue weighted by atomic mass is 9.90. The molecule has 0 amide bonds. The number of aryl methyl sites for hydroxylation is 1. The number of aliphatic hydroxyl groups excluding tert-OH is 1. The van der Waals surface area contributed by atoms with Crippen molar-refractivity contribution in [2.24, 2.45) is 5.92 Å². The summed E-state index contributed by atoms with van der Waals surface area (Å²) in [6.45, 7) is 7.25. The first kappa shape index (κ1) is 20.1. The van der Waals surface area contributed by atoms with Crippen molar-refractivity contribution in [3.8, 4) is 17.2 Å². The summed E-state index contributed by atoms with van der Waals surface area (Å²) >= 11 is 1.64. The Kier molecular flexibility index (Phi) is 6.33. The fourth-order valence-electron chi connectivity index (χ4n) is 3.95. The van der Waals surface area contributed by atoms with Crippen molar-refractivity contribution in [2.45, 2.75) is 39.3 Å². The Morgan fingerprint density at radius 2 is 2.03 bits per heavy atom. The van der Waals surface area contributed by atoms with Crippen LogP contribution >= 0.6 is 11.3 Å².